The number of aliphatic hydroxyl groups is 1. The predicted octanol–water partition coefficient (Wildman–Crippen LogP) is -1.15. The number of rotatable bonds is 4. The van der Waals surface area contributed by atoms with Crippen molar-refractivity contribution in [3.05, 3.63) is 0 Å². The molecule has 0 aromatic rings. The highest BCUT2D eigenvalue weighted by molar-refractivity contribution is 5.78. The van der Waals surface area contributed by atoms with Crippen LogP contribution in [0.2, 0.25) is 0 Å². The second-order valence-electron chi connectivity index (χ2n) is 5.19. The van der Waals surface area contributed by atoms with Crippen LogP contribution in [-0.4, -0.2) is 97.9 Å². The third-order valence-electron chi connectivity index (χ3n) is 3.82. The predicted molar refractivity (Wildman–Crippen MR) is 72.0 cm³/mol. The van der Waals surface area contributed by atoms with Crippen molar-refractivity contribution < 1.29 is 14.6 Å². The average molecular weight is 271 g/mol. The summed E-state index contributed by atoms with van der Waals surface area (Å²) in [5.74, 6) is 0.221. The Bertz CT molecular complexity index is 282. The summed E-state index contributed by atoms with van der Waals surface area (Å²) in [4.78, 5) is 18.6. The second-order valence-corrected chi connectivity index (χ2v) is 5.19. The zero-order valence-corrected chi connectivity index (χ0v) is 11.6. The topological polar surface area (TPSA) is 56.2 Å². The number of ether oxygens (including phenoxy) is 1. The van der Waals surface area contributed by atoms with Crippen LogP contribution in [0, 0.1) is 0 Å². The molecule has 2 aliphatic heterocycles. The fourth-order valence-electron chi connectivity index (χ4n) is 2.65. The largest absolute Gasteiger partial charge is 0.395 e. The van der Waals surface area contributed by atoms with E-state index >= 15 is 0 Å². The van der Waals surface area contributed by atoms with Gasteiger partial charge in [-0.05, 0) is 19.5 Å². The van der Waals surface area contributed by atoms with Gasteiger partial charge in [0.2, 0.25) is 5.91 Å². The molecular weight excluding hydrogens is 246 g/mol. The minimum absolute atomic E-state index is 0.215. The number of morpholine rings is 1. The van der Waals surface area contributed by atoms with Crippen molar-refractivity contribution in [1.29, 1.82) is 0 Å². The molecule has 2 fully saturated rings. The smallest absolute Gasteiger partial charge is 0.236 e. The molecular formula is C13H25N3O3. The highest BCUT2D eigenvalue weighted by atomic mass is 16.5. The molecule has 0 aromatic heterocycles. The van der Waals surface area contributed by atoms with Crippen LogP contribution in [0.15, 0.2) is 0 Å². The maximum atomic E-state index is 12.2. The molecule has 0 aromatic carbocycles. The molecule has 6 nitrogen and oxygen atoms in total. The van der Waals surface area contributed by atoms with Gasteiger partial charge in [-0.2, -0.15) is 0 Å². The molecule has 110 valence electrons. The van der Waals surface area contributed by atoms with Gasteiger partial charge in [-0.15, -0.1) is 0 Å². The fraction of sp³-hybridized carbons (Fsp3) is 0.923. The molecule has 1 N–H and O–H groups in total. The van der Waals surface area contributed by atoms with Gasteiger partial charge in [0, 0.05) is 32.7 Å². The Morgan fingerprint density at radius 2 is 1.68 bits per heavy atom. The Morgan fingerprint density at radius 3 is 2.42 bits per heavy atom. The van der Waals surface area contributed by atoms with Gasteiger partial charge < -0.3 is 14.7 Å². The summed E-state index contributed by atoms with van der Waals surface area (Å²) in [6.45, 7) is 8.09. The van der Waals surface area contributed by atoms with Gasteiger partial charge in [0.05, 0.1) is 26.4 Å². The van der Waals surface area contributed by atoms with Crippen molar-refractivity contribution in [2.75, 3.05) is 72.2 Å². The van der Waals surface area contributed by atoms with E-state index in [1.165, 1.54) is 0 Å². The Kier molecular flexibility index (Phi) is 6.03. The molecule has 2 rings (SSSR count). The van der Waals surface area contributed by atoms with Crippen molar-refractivity contribution in [2.24, 2.45) is 0 Å². The zero-order chi connectivity index (χ0) is 13.5. The van der Waals surface area contributed by atoms with E-state index in [0.717, 1.165) is 52.2 Å². The van der Waals surface area contributed by atoms with Crippen LogP contribution < -0.4 is 0 Å². The van der Waals surface area contributed by atoms with Crippen LogP contribution in [0.25, 0.3) is 0 Å². The summed E-state index contributed by atoms with van der Waals surface area (Å²) in [5, 5.41) is 8.96. The molecule has 2 aliphatic rings. The molecule has 0 bridgehead atoms. The van der Waals surface area contributed by atoms with Gasteiger partial charge in [0.25, 0.3) is 0 Å². The Balaban J connectivity index is 1.74. The molecule has 0 spiro atoms. The normalized spacial score (nSPS) is 23.3. The number of aliphatic hydroxyl groups excluding tert-OH is 1. The number of hydrogen-bond donors (Lipinski definition) is 1. The lowest BCUT2D eigenvalue weighted by Crippen LogP contribution is -2.46. The highest BCUT2D eigenvalue weighted by Crippen LogP contribution is 2.05. The van der Waals surface area contributed by atoms with E-state index in [9.17, 15) is 4.79 Å². The molecule has 0 saturated carbocycles. The summed E-state index contributed by atoms with van der Waals surface area (Å²) in [6, 6.07) is 0. The number of carbonyl (C=O) groups is 1. The lowest BCUT2D eigenvalue weighted by atomic mass is 10.3. The first-order valence-electron chi connectivity index (χ1n) is 7.20. The standard InChI is InChI=1S/C13H25N3O3/c17-9-6-14-2-1-3-15(5-4-14)12-13(18)16-7-10-19-11-8-16/h17H,1-12H2. The van der Waals surface area contributed by atoms with Crippen molar-refractivity contribution in [1.82, 2.24) is 14.7 Å². The quantitative estimate of drug-likeness (QED) is 0.699. The molecule has 1 amide bonds. The number of nitrogens with zero attached hydrogens (tertiary/aromatic N) is 3. The molecule has 2 saturated heterocycles. The van der Waals surface area contributed by atoms with E-state index in [-0.39, 0.29) is 12.5 Å². The van der Waals surface area contributed by atoms with Gasteiger partial charge >= 0.3 is 0 Å². The molecule has 0 unspecified atom stereocenters. The maximum Gasteiger partial charge on any atom is 0.236 e. The lowest BCUT2D eigenvalue weighted by Gasteiger charge is -2.29. The van der Waals surface area contributed by atoms with Crippen molar-refractivity contribution in [3.8, 4) is 0 Å². The summed E-state index contributed by atoms with van der Waals surface area (Å²) in [7, 11) is 0. The van der Waals surface area contributed by atoms with Crippen LogP contribution in [0.4, 0.5) is 0 Å². The third kappa shape index (κ3) is 4.72. The van der Waals surface area contributed by atoms with Gasteiger partial charge in [-0.1, -0.05) is 0 Å². The molecule has 0 radical (unpaired) electrons. The minimum atomic E-state index is 0.215. The van der Waals surface area contributed by atoms with E-state index in [1.54, 1.807) is 0 Å². The van der Waals surface area contributed by atoms with Crippen molar-refractivity contribution in [3.63, 3.8) is 0 Å². The van der Waals surface area contributed by atoms with Crippen LogP contribution in [0.5, 0.6) is 0 Å². The van der Waals surface area contributed by atoms with Crippen molar-refractivity contribution in [2.45, 2.75) is 6.42 Å². The average Bonchev–Trinajstić information content (AvgIpc) is 2.66. The Morgan fingerprint density at radius 1 is 1.00 bits per heavy atom. The zero-order valence-electron chi connectivity index (χ0n) is 11.6. The molecule has 0 atom stereocenters. The first kappa shape index (κ1) is 14.7. The first-order chi connectivity index (χ1) is 9.29. The lowest BCUT2D eigenvalue weighted by molar-refractivity contribution is -0.136. The highest BCUT2D eigenvalue weighted by Gasteiger charge is 2.21. The summed E-state index contributed by atoms with van der Waals surface area (Å²) < 4.78 is 5.26. The first-order valence-corrected chi connectivity index (χ1v) is 7.20. The van der Waals surface area contributed by atoms with E-state index in [0.29, 0.717) is 19.8 Å². The fourth-order valence-corrected chi connectivity index (χ4v) is 2.65. The number of amides is 1. The number of carbonyl (C=O) groups excluding carboxylic acids is 1. The Labute approximate surface area is 114 Å². The van der Waals surface area contributed by atoms with Gasteiger partial charge in [0.1, 0.15) is 0 Å². The number of hydrogen-bond acceptors (Lipinski definition) is 5. The summed E-state index contributed by atoms with van der Waals surface area (Å²) in [5.41, 5.74) is 0. The number of β-amino-alcohol motifs (C(OH)–C–C–N with tert-alkyl or cyclic N) is 1. The summed E-state index contributed by atoms with van der Waals surface area (Å²) >= 11 is 0. The van der Waals surface area contributed by atoms with E-state index in [2.05, 4.69) is 9.80 Å². The van der Waals surface area contributed by atoms with Crippen LogP contribution in [0.1, 0.15) is 6.42 Å². The van der Waals surface area contributed by atoms with E-state index in [1.807, 2.05) is 4.90 Å². The third-order valence-corrected chi connectivity index (χ3v) is 3.82. The maximum absolute atomic E-state index is 12.2. The van der Waals surface area contributed by atoms with Crippen molar-refractivity contribution >= 4 is 5.91 Å². The minimum Gasteiger partial charge on any atom is -0.395 e. The van der Waals surface area contributed by atoms with E-state index < -0.39 is 0 Å². The van der Waals surface area contributed by atoms with Crippen LogP contribution in [-0.2, 0) is 9.53 Å². The van der Waals surface area contributed by atoms with Gasteiger partial charge in [-0.3, -0.25) is 14.6 Å². The van der Waals surface area contributed by atoms with E-state index in [4.69, 9.17) is 9.84 Å². The molecule has 6 heteroatoms. The van der Waals surface area contributed by atoms with Gasteiger partial charge in [0.15, 0.2) is 0 Å². The molecule has 19 heavy (non-hydrogen) atoms. The summed E-state index contributed by atoms with van der Waals surface area (Å²) in [6.07, 6.45) is 1.07. The molecule has 0 aliphatic carbocycles. The van der Waals surface area contributed by atoms with Gasteiger partial charge in [-0.25, -0.2) is 0 Å². The molecule has 2 heterocycles. The monoisotopic (exact) mass is 271 g/mol. The SMILES string of the molecule is O=C(CN1CCCN(CCO)CC1)N1CCOCC1. The van der Waals surface area contributed by atoms with Crippen LogP contribution >= 0.6 is 0 Å². The van der Waals surface area contributed by atoms with Crippen LogP contribution in [0.3, 0.4) is 0 Å². The Hall–Kier alpha value is -0.690. The second kappa shape index (κ2) is 7.79.